The summed E-state index contributed by atoms with van der Waals surface area (Å²) in [6, 6.07) is 0. The highest BCUT2D eigenvalue weighted by molar-refractivity contribution is 8.54. The molecule has 0 aliphatic heterocycles. The van der Waals surface area contributed by atoms with Gasteiger partial charge in [-0.25, -0.2) is 4.57 Å². The highest BCUT2D eigenvalue weighted by Crippen LogP contribution is 2.57. The van der Waals surface area contributed by atoms with Crippen molar-refractivity contribution in [1.82, 2.24) is 10.6 Å². The first-order chi connectivity index (χ1) is 18.2. The molecular formula is C24H49N2O10PS2. The number of carbonyl (C=O) groups is 2. The Kier molecular flexibility index (Phi) is 20.7. The second-order valence-corrected chi connectivity index (χ2v) is 15.0. The molecule has 0 saturated carbocycles. The molecule has 0 amide bonds. The molecule has 0 aromatic carbocycles. The van der Waals surface area contributed by atoms with E-state index in [0.29, 0.717) is 45.3 Å². The molecule has 39 heavy (non-hydrogen) atoms. The van der Waals surface area contributed by atoms with Crippen LogP contribution < -0.4 is 10.6 Å². The molecule has 15 heteroatoms. The van der Waals surface area contributed by atoms with Gasteiger partial charge in [0.2, 0.25) is 0 Å². The molecule has 0 aliphatic carbocycles. The first-order valence-electron chi connectivity index (χ1n) is 12.8. The molecule has 0 radical (unpaired) electrons. The van der Waals surface area contributed by atoms with Gasteiger partial charge in [0.05, 0.1) is 52.0 Å². The minimum Gasteiger partial charge on any atom is -0.382 e. The van der Waals surface area contributed by atoms with Crippen molar-refractivity contribution in [3.8, 4) is 0 Å². The van der Waals surface area contributed by atoms with Crippen LogP contribution in [0.1, 0.15) is 27.7 Å². The number of aliphatic hydroxyl groups excluding tert-OH is 1. The largest absolute Gasteiger partial charge is 0.386 e. The Balaban J connectivity index is 5.16. The maximum absolute atomic E-state index is 13.2. The molecule has 0 aromatic rings. The topological polar surface area (TPSA) is 162 Å². The summed E-state index contributed by atoms with van der Waals surface area (Å²) in [5.74, 6) is -0.387. The lowest BCUT2D eigenvalue weighted by Gasteiger charge is -2.33. The van der Waals surface area contributed by atoms with Gasteiger partial charge >= 0.3 is 6.80 Å². The molecule has 0 saturated heterocycles. The third-order valence-electron chi connectivity index (χ3n) is 5.42. The Hall–Kier alpha value is -0.0900. The summed E-state index contributed by atoms with van der Waals surface area (Å²) in [7, 11) is 5.17. The van der Waals surface area contributed by atoms with Crippen LogP contribution in [-0.4, -0.2) is 119 Å². The molecule has 0 spiro atoms. The first kappa shape index (κ1) is 38.9. The number of Topliss-reactive ketones (excluding diaryl/α,β-unsaturated/α-hetero) is 1. The van der Waals surface area contributed by atoms with Crippen LogP contribution >= 0.6 is 29.9 Å². The fourth-order valence-corrected chi connectivity index (χ4v) is 6.63. The quantitative estimate of drug-likeness (QED) is 0.0702. The molecule has 4 N–H and O–H groups in total. The zero-order chi connectivity index (χ0) is 30.0. The van der Waals surface area contributed by atoms with Crippen molar-refractivity contribution in [2.75, 3.05) is 92.0 Å². The minimum atomic E-state index is -4.17. The van der Waals surface area contributed by atoms with Crippen LogP contribution in [0.15, 0.2) is 0 Å². The number of thioether (sulfide) groups is 1. The number of rotatable bonds is 24. The molecule has 0 heterocycles. The number of carbonyl (C=O) groups excluding carboxylic acids is 2. The Labute approximate surface area is 241 Å². The molecule has 0 aliphatic rings. The number of hydrogen-bond donors (Lipinski definition) is 4. The van der Waals surface area contributed by atoms with E-state index in [-0.39, 0.29) is 30.0 Å². The molecule has 0 bridgehead atoms. The summed E-state index contributed by atoms with van der Waals surface area (Å²) in [5, 5.41) is 16.7. The zero-order valence-electron chi connectivity index (χ0n) is 24.4. The van der Waals surface area contributed by atoms with Gasteiger partial charge in [0.1, 0.15) is 5.41 Å². The molecular weight excluding hydrogens is 571 g/mol. The minimum absolute atomic E-state index is 0.0442. The number of hydrogen-bond acceptors (Lipinski definition) is 13. The summed E-state index contributed by atoms with van der Waals surface area (Å²) in [6.45, 7) is 4.82. The summed E-state index contributed by atoms with van der Waals surface area (Å²) < 4.78 is 39.1. The van der Waals surface area contributed by atoms with Gasteiger partial charge in [0.15, 0.2) is 17.2 Å². The molecule has 0 rings (SSSR count). The lowest BCUT2D eigenvalue weighted by molar-refractivity contribution is -0.189. The van der Waals surface area contributed by atoms with Gasteiger partial charge in [-0.1, -0.05) is 32.5 Å². The predicted molar refractivity (Wildman–Crippen MR) is 155 cm³/mol. The lowest BCUT2D eigenvalue weighted by atomic mass is 9.86. The van der Waals surface area contributed by atoms with Crippen LogP contribution in [0.3, 0.4) is 0 Å². The fourth-order valence-electron chi connectivity index (χ4n) is 2.89. The van der Waals surface area contributed by atoms with Crippen molar-refractivity contribution < 1.29 is 47.6 Å². The highest BCUT2D eigenvalue weighted by Gasteiger charge is 2.44. The zero-order valence-corrected chi connectivity index (χ0v) is 26.9. The van der Waals surface area contributed by atoms with Crippen LogP contribution in [0.2, 0.25) is 0 Å². The van der Waals surface area contributed by atoms with E-state index in [4.69, 9.17) is 23.5 Å². The van der Waals surface area contributed by atoms with E-state index >= 15 is 0 Å². The van der Waals surface area contributed by atoms with Crippen molar-refractivity contribution in [3.05, 3.63) is 0 Å². The van der Waals surface area contributed by atoms with E-state index in [9.17, 15) is 24.2 Å². The van der Waals surface area contributed by atoms with E-state index in [1.807, 2.05) is 0 Å². The number of methoxy groups -OCH3 is 1. The molecule has 12 nitrogen and oxygen atoms in total. The van der Waals surface area contributed by atoms with Gasteiger partial charge in [-0.15, -0.1) is 0 Å². The fraction of sp³-hybridized carbons (Fsp3) is 0.917. The lowest BCUT2D eigenvalue weighted by Crippen LogP contribution is -2.46. The van der Waals surface area contributed by atoms with Crippen molar-refractivity contribution in [2.24, 2.45) is 16.7 Å². The number of ketones is 1. The number of aliphatic hydroxyl groups is 1. The van der Waals surface area contributed by atoms with Gasteiger partial charge in [-0.2, -0.15) is 0 Å². The number of nitrogens with one attached hydrogen (secondary N) is 2. The van der Waals surface area contributed by atoms with Crippen molar-refractivity contribution in [3.63, 3.8) is 0 Å². The summed E-state index contributed by atoms with van der Waals surface area (Å²) in [4.78, 5) is 36.0. The second-order valence-electron chi connectivity index (χ2n) is 10.1. The molecule has 3 atom stereocenters. The van der Waals surface area contributed by atoms with Crippen LogP contribution in [0.4, 0.5) is 0 Å². The van der Waals surface area contributed by atoms with Crippen LogP contribution in [0.5, 0.6) is 0 Å². The predicted octanol–water partition coefficient (Wildman–Crippen LogP) is 1.79. The Morgan fingerprint density at radius 3 is 2.00 bits per heavy atom. The second kappa shape index (κ2) is 20.7. The van der Waals surface area contributed by atoms with E-state index in [0.717, 1.165) is 23.1 Å². The van der Waals surface area contributed by atoms with E-state index in [1.54, 1.807) is 42.0 Å². The Morgan fingerprint density at radius 1 is 0.949 bits per heavy atom. The Morgan fingerprint density at radius 2 is 1.49 bits per heavy atom. The van der Waals surface area contributed by atoms with Crippen molar-refractivity contribution in [2.45, 2.75) is 34.0 Å². The summed E-state index contributed by atoms with van der Waals surface area (Å²) in [5.41, 5.74) is -2.37. The third-order valence-corrected chi connectivity index (χ3v) is 9.85. The normalized spacial score (nSPS) is 16.2. The van der Waals surface area contributed by atoms with E-state index < -0.39 is 36.3 Å². The molecule has 3 unspecified atom stereocenters. The van der Waals surface area contributed by atoms with Gasteiger partial charge < -0.3 is 39.6 Å². The van der Waals surface area contributed by atoms with Crippen LogP contribution in [0, 0.1) is 16.7 Å². The average Bonchev–Trinajstić information content (AvgIpc) is 2.87. The first-order valence-corrected chi connectivity index (χ1v) is 16.9. The monoisotopic (exact) mass is 620 g/mol. The van der Waals surface area contributed by atoms with E-state index in [2.05, 4.69) is 10.6 Å². The van der Waals surface area contributed by atoms with E-state index in [1.165, 1.54) is 6.92 Å². The highest BCUT2D eigenvalue weighted by atomic mass is 32.7. The molecule has 232 valence electrons. The maximum atomic E-state index is 13.2. The maximum Gasteiger partial charge on any atom is 0.386 e. The van der Waals surface area contributed by atoms with Gasteiger partial charge in [0, 0.05) is 18.3 Å². The smallest absolute Gasteiger partial charge is 0.382 e. The van der Waals surface area contributed by atoms with Crippen molar-refractivity contribution in [1.29, 1.82) is 0 Å². The Bertz CT molecular complexity index is 738. The van der Waals surface area contributed by atoms with Crippen molar-refractivity contribution >= 4 is 40.8 Å². The van der Waals surface area contributed by atoms with Gasteiger partial charge in [-0.05, 0) is 51.4 Å². The summed E-state index contributed by atoms with van der Waals surface area (Å²) in [6.07, 6.45) is -1.66. The average molecular weight is 621 g/mol. The van der Waals surface area contributed by atoms with Crippen LogP contribution in [0.25, 0.3) is 0 Å². The standard InChI is InChI=1S/C24H49N2O10PS2/c1-23(2,3)22(29)38-17-20(27)24(4,21(28)35-13-12-34-11-10-33-9-8-32-7)18-36-37(30,31)39-16-19(14-25-5)15-26-6/h19,21,25-26,28H,8-18H2,1-7H3,(H,30,31). The molecule has 0 aromatic heterocycles. The summed E-state index contributed by atoms with van der Waals surface area (Å²) >= 11 is 1.59. The van der Waals surface area contributed by atoms with Crippen LogP contribution in [-0.2, 0) is 37.6 Å². The molecule has 0 fully saturated rings. The van der Waals surface area contributed by atoms with Gasteiger partial charge in [0.25, 0.3) is 0 Å². The van der Waals surface area contributed by atoms with Gasteiger partial charge in [-0.3, -0.25) is 14.1 Å². The number of ether oxygens (including phenoxy) is 4. The SMILES string of the molecule is CNCC(CNC)CSP(=O)(O)OCC(C)(C(=O)CSC(=O)C(C)(C)C)C(O)OCCOCCOCCOC. The third kappa shape index (κ3) is 17.5.